The fourth-order valence-electron chi connectivity index (χ4n) is 2.16. The molecule has 0 bridgehead atoms. The first-order valence-corrected chi connectivity index (χ1v) is 8.17. The van der Waals surface area contributed by atoms with Gasteiger partial charge >= 0.3 is 5.97 Å². The third-order valence-corrected chi connectivity index (χ3v) is 4.70. The SMILES string of the molecule is CC(C)[C@@H](C(=O)O)N1C(=O)/C(=C/c2cccc(Cl)c2)SC1=S. The van der Waals surface area contributed by atoms with E-state index in [1.54, 1.807) is 38.1 Å². The fraction of sp³-hybridized carbons (Fsp3) is 0.267. The topological polar surface area (TPSA) is 57.6 Å². The summed E-state index contributed by atoms with van der Waals surface area (Å²) >= 11 is 12.2. The number of hydrogen-bond acceptors (Lipinski definition) is 4. The molecule has 4 nitrogen and oxygen atoms in total. The molecule has 1 saturated heterocycles. The summed E-state index contributed by atoms with van der Waals surface area (Å²) in [4.78, 5) is 25.5. The Labute approximate surface area is 143 Å². The third-order valence-electron chi connectivity index (χ3n) is 3.13. The van der Waals surface area contributed by atoms with Crippen molar-refractivity contribution in [3.8, 4) is 0 Å². The molecule has 0 aromatic heterocycles. The number of halogens is 1. The van der Waals surface area contributed by atoms with Crippen LogP contribution in [0.5, 0.6) is 0 Å². The number of carboxylic acids is 1. The van der Waals surface area contributed by atoms with E-state index in [9.17, 15) is 14.7 Å². The van der Waals surface area contributed by atoms with E-state index in [4.69, 9.17) is 23.8 Å². The van der Waals surface area contributed by atoms with Gasteiger partial charge in [0, 0.05) is 5.02 Å². The normalized spacial score (nSPS) is 18.4. The van der Waals surface area contributed by atoms with Crippen LogP contribution in [0.4, 0.5) is 0 Å². The van der Waals surface area contributed by atoms with Crippen LogP contribution in [0.3, 0.4) is 0 Å². The first-order chi connectivity index (χ1) is 10.3. The van der Waals surface area contributed by atoms with Gasteiger partial charge in [0.1, 0.15) is 10.4 Å². The predicted octanol–water partition coefficient (Wildman–Crippen LogP) is 3.65. The van der Waals surface area contributed by atoms with Gasteiger partial charge in [0.2, 0.25) is 0 Å². The number of rotatable bonds is 4. The van der Waals surface area contributed by atoms with Gasteiger partial charge in [-0.1, -0.05) is 61.6 Å². The van der Waals surface area contributed by atoms with Crippen molar-refractivity contribution in [1.29, 1.82) is 0 Å². The Balaban J connectivity index is 2.34. The molecule has 2 rings (SSSR count). The van der Waals surface area contributed by atoms with Crippen molar-refractivity contribution in [2.45, 2.75) is 19.9 Å². The van der Waals surface area contributed by atoms with E-state index in [2.05, 4.69) is 0 Å². The number of carbonyl (C=O) groups excluding carboxylic acids is 1. The van der Waals surface area contributed by atoms with Crippen molar-refractivity contribution >= 4 is 57.9 Å². The summed E-state index contributed by atoms with van der Waals surface area (Å²) < 4.78 is 0.263. The molecule has 1 aromatic carbocycles. The van der Waals surface area contributed by atoms with Gasteiger partial charge in [0.15, 0.2) is 0 Å². The monoisotopic (exact) mass is 355 g/mol. The van der Waals surface area contributed by atoms with Crippen LogP contribution in [0.15, 0.2) is 29.2 Å². The molecule has 116 valence electrons. The Morgan fingerprint density at radius 3 is 2.68 bits per heavy atom. The minimum atomic E-state index is -1.06. The molecule has 0 unspecified atom stereocenters. The van der Waals surface area contributed by atoms with Crippen LogP contribution in [-0.2, 0) is 9.59 Å². The molecule has 22 heavy (non-hydrogen) atoms. The summed E-state index contributed by atoms with van der Waals surface area (Å²) in [6, 6.07) is 6.10. The van der Waals surface area contributed by atoms with Gasteiger partial charge in [0.05, 0.1) is 4.91 Å². The zero-order valence-corrected chi connectivity index (χ0v) is 14.3. The summed E-state index contributed by atoms with van der Waals surface area (Å²) in [7, 11) is 0. The smallest absolute Gasteiger partial charge is 0.327 e. The molecule has 0 spiro atoms. The third kappa shape index (κ3) is 3.51. The number of thiocarbonyl (C=S) groups is 1. The van der Waals surface area contributed by atoms with Crippen LogP contribution >= 0.6 is 35.6 Å². The Morgan fingerprint density at radius 2 is 2.14 bits per heavy atom. The summed E-state index contributed by atoms with van der Waals surface area (Å²) in [5.41, 5.74) is 0.768. The number of aliphatic carboxylic acids is 1. The maximum absolute atomic E-state index is 12.5. The summed E-state index contributed by atoms with van der Waals surface area (Å²) in [5.74, 6) is -1.68. The van der Waals surface area contributed by atoms with Gasteiger partial charge in [-0.2, -0.15) is 0 Å². The van der Waals surface area contributed by atoms with Crippen molar-refractivity contribution in [2.75, 3.05) is 0 Å². The highest BCUT2D eigenvalue weighted by Gasteiger charge is 2.41. The van der Waals surface area contributed by atoms with E-state index in [1.807, 2.05) is 6.07 Å². The number of carboxylic acid groups (broad SMARTS) is 1. The summed E-state index contributed by atoms with van der Waals surface area (Å²) in [6.45, 7) is 3.50. The molecule has 0 saturated carbocycles. The highest BCUT2D eigenvalue weighted by atomic mass is 35.5. The molecule has 7 heteroatoms. The number of nitrogens with zero attached hydrogens (tertiary/aromatic N) is 1. The molecule has 1 heterocycles. The highest BCUT2D eigenvalue weighted by molar-refractivity contribution is 8.26. The Bertz CT molecular complexity index is 673. The lowest BCUT2D eigenvalue weighted by atomic mass is 10.0. The number of benzene rings is 1. The first-order valence-electron chi connectivity index (χ1n) is 6.56. The molecular weight excluding hydrogens is 342 g/mol. The van der Waals surface area contributed by atoms with Gasteiger partial charge in [-0.3, -0.25) is 9.69 Å². The molecule has 1 amide bonds. The molecule has 1 fully saturated rings. The van der Waals surface area contributed by atoms with Crippen LogP contribution in [0.25, 0.3) is 6.08 Å². The number of hydrogen-bond donors (Lipinski definition) is 1. The molecule has 1 atom stereocenters. The number of carbonyl (C=O) groups is 2. The van der Waals surface area contributed by atoms with Crippen molar-refractivity contribution in [2.24, 2.45) is 5.92 Å². The van der Waals surface area contributed by atoms with Crippen LogP contribution in [-0.4, -0.2) is 32.2 Å². The van der Waals surface area contributed by atoms with Gasteiger partial charge in [-0.15, -0.1) is 0 Å². The van der Waals surface area contributed by atoms with E-state index in [0.29, 0.717) is 9.93 Å². The first kappa shape index (κ1) is 17.0. The maximum Gasteiger partial charge on any atom is 0.327 e. The minimum Gasteiger partial charge on any atom is -0.480 e. The van der Waals surface area contributed by atoms with Crippen LogP contribution in [0.1, 0.15) is 19.4 Å². The van der Waals surface area contributed by atoms with Crippen LogP contribution in [0.2, 0.25) is 5.02 Å². The summed E-state index contributed by atoms with van der Waals surface area (Å²) in [6.07, 6.45) is 1.67. The maximum atomic E-state index is 12.5. The second kappa shape index (κ2) is 6.81. The van der Waals surface area contributed by atoms with Crippen molar-refractivity contribution in [3.63, 3.8) is 0 Å². The van der Waals surface area contributed by atoms with Crippen molar-refractivity contribution in [1.82, 2.24) is 4.90 Å². The van der Waals surface area contributed by atoms with Gasteiger partial charge in [-0.05, 0) is 29.7 Å². The summed E-state index contributed by atoms with van der Waals surface area (Å²) in [5, 5.41) is 9.92. The Hall–Kier alpha value is -1.37. The van der Waals surface area contributed by atoms with Gasteiger partial charge in [-0.25, -0.2) is 4.79 Å². The number of amides is 1. The average molecular weight is 356 g/mol. The molecule has 1 aliphatic heterocycles. The Morgan fingerprint density at radius 1 is 1.45 bits per heavy atom. The van der Waals surface area contributed by atoms with E-state index in [1.165, 1.54) is 4.90 Å². The molecule has 1 aliphatic rings. The van der Waals surface area contributed by atoms with Gasteiger partial charge in [0.25, 0.3) is 5.91 Å². The standard InChI is InChI=1S/C15H14ClNO3S2/c1-8(2)12(14(19)20)17-13(18)11(22-15(17)21)7-9-4-3-5-10(16)6-9/h3-8,12H,1-2H3,(H,19,20)/b11-7-/t12-/m0/s1. The van der Waals surface area contributed by atoms with E-state index in [0.717, 1.165) is 17.3 Å². The predicted molar refractivity (Wildman–Crippen MR) is 92.7 cm³/mol. The van der Waals surface area contributed by atoms with Crippen LogP contribution < -0.4 is 0 Å². The largest absolute Gasteiger partial charge is 0.480 e. The quantitative estimate of drug-likeness (QED) is 0.660. The lowest BCUT2D eigenvalue weighted by Crippen LogP contribution is -2.47. The number of thioether (sulfide) groups is 1. The van der Waals surface area contributed by atoms with Crippen molar-refractivity contribution < 1.29 is 14.7 Å². The van der Waals surface area contributed by atoms with E-state index >= 15 is 0 Å². The molecule has 0 radical (unpaired) electrons. The molecule has 1 aromatic rings. The second-order valence-electron chi connectivity index (χ2n) is 5.13. The van der Waals surface area contributed by atoms with Crippen molar-refractivity contribution in [3.05, 3.63) is 39.8 Å². The lowest BCUT2D eigenvalue weighted by molar-refractivity contribution is -0.146. The highest BCUT2D eigenvalue weighted by Crippen LogP contribution is 2.35. The minimum absolute atomic E-state index is 0.245. The molecule has 1 N–H and O–H groups in total. The molecule has 0 aliphatic carbocycles. The van der Waals surface area contributed by atoms with Gasteiger partial charge < -0.3 is 5.11 Å². The van der Waals surface area contributed by atoms with Crippen LogP contribution in [0, 0.1) is 5.92 Å². The van der Waals surface area contributed by atoms with E-state index in [-0.39, 0.29) is 16.1 Å². The van der Waals surface area contributed by atoms with E-state index < -0.39 is 12.0 Å². The Kier molecular flexibility index (Phi) is 5.26. The zero-order valence-electron chi connectivity index (χ0n) is 11.9. The lowest BCUT2D eigenvalue weighted by Gasteiger charge is -2.26. The molecular formula is C15H14ClNO3S2. The zero-order chi connectivity index (χ0) is 16.4. The average Bonchev–Trinajstić information content (AvgIpc) is 2.66. The fourth-order valence-corrected chi connectivity index (χ4v) is 3.69. The second-order valence-corrected chi connectivity index (χ2v) is 7.25.